The van der Waals surface area contributed by atoms with Gasteiger partial charge in [-0.2, -0.15) is 0 Å². The summed E-state index contributed by atoms with van der Waals surface area (Å²) in [4.78, 5) is 12.5. The van der Waals surface area contributed by atoms with Gasteiger partial charge in [-0.25, -0.2) is 0 Å². The molecule has 0 unspecified atom stereocenters. The van der Waals surface area contributed by atoms with Gasteiger partial charge < -0.3 is 11.1 Å². The molecule has 1 amide bonds. The molecule has 1 aromatic heterocycles. The van der Waals surface area contributed by atoms with Gasteiger partial charge in [0, 0.05) is 11.4 Å². The summed E-state index contributed by atoms with van der Waals surface area (Å²) in [7, 11) is 0. The molecule has 0 radical (unpaired) electrons. The van der Waals surface area contributed by atoms with Gasteiger partial charge in [-0.3, -0.25) is 4.79 Å². The largest absolute Gasteiger partial charge is 0.398 e. The number of benzene rings is 1. The summed E-state index contributed by atoms with van der Waals surface area (Å²) in [6.45, 7) is 3.62. The van der Waals surface area contributed by atoms with Crippen LogP contribution in [-0.2, 0) is 0 Å². The molecule has 5 nitrogen and oxygen atoms in total. The number of carbonyl (C=O) groups is 1. The number of aryl methyl sites for hydroxylation is 1. The Morgan fingerprint density at radius 3 is 2.82 bits per heavy atom. The lowest BCUT2D eigenvalue weighted by Crippen LogP contribution is -2.13. The van der Waals surface area contributed by atoms with Crippen molar-refractivity contribution in [3.05, 3.63) is 34.3 Å². The van der Waals surface area contributed by atoms with Crippen molar-refractivity contribution in [2.24, 2.45) is 0 Å². The van der Waals surface area contributed by atoms with E-state index in [4.69, 9.17) is 5.73 Å². The highest BCUT2D eigenvalue weighted by Crippen LogP contribution is 2.21. The van der Waals surface area contributed by atoms with Crippen LogP contribution in [0.15, 0.2) is 18.2 Å². The maximum atomic E-state index is 11.9. The SMILES string of the molecule is Cc1nnsc1C(=O)Nc1cccc(N)c1C. The van der Waals surface area contributed by atoms with E-state index >= 15 is 0 Å². The molecule has 6 heteroatoms. The molecular formula is C11H12N4OS. The van der Waals surface area contributed by atoms with Crippen LogP contribution in [0.4, 0.5) is 11.4 Å². The van der Waals surface area contributed by atoms with E-state index in [2.05, 4.69) is 14.9 Å². The van der Waals surface area contributed by atoms with Crippen LogP contribution in [0.5, 0.6) is 0 Å². The Hall–Kier alpha value is -1.95. The van der Waals surface area contributed by atoms with E-state index in [9.17, 15) is 4.79 Å². The normalized spacial score (nSPS) is 10.2. The number of nitrogens with two attached hydrogens (primary N) is 1. The van der Waals surface area contributed by atoms with Gasteiger partial charge in [-0.15, -0.1) is 5.10 Å². The first kappa shape index (κ1) is 11.5. The number of amides is 1. The molecule has 2 aromatic rings. The highest BCUT2D eigenvalue weighted by molar-refractivity contribution is 7.08. The van der Waals surface area contributed by atoms with Crippen molar-refractivity contribution in [1.29, 1.82) is 0 Å². The molecule has 88 valence electrons. The molecular weight excluding hydrogens is 236 g/mol. The molecule has 0 saturated carbocycles. The molecule has 3 N–H and O–H groups in total. The van der Waals surface area contributed by atoms with Gasteiger partial charge in [0.1, 0.15) is 4.88 Å². The lowest BCUT2D eigenvalue weighted by Gasteiger charge is -2.09. The summed E-state index contributed by atoms with van der Waals surface area (Å²) in [6, 6.07) is 5.41. The first-order chi connectivity index (χ1) is 8.09. The smallest absolute Gasteiger partial charge is 0.269 e. The van der Waals surface area contributed by atoms with Crippen molar-refractivity contribution in [2.45, 2.75) is 13.8 Å². The Morgan fingerprint density at radius 1 is 1.41 bits per heavy atom. The molecule has 1 heterocycles. The van der Waals surface area contributed by atoms with E-state index in [1.807, 2.05) is 13.0 Å². The fourth-order valence-corrected chi connectivity index (χ4v) is 1.96. The average molecular weight is 248 g/mol. The number of nitrogens with one attached hydrogen (secondary N) is 1. The van der Waals surface area contributed by atoms with E-state index < -0.39 is 0 Å². The Kier molecular flexibility index (Phi) is 3.06. The lowest BCUT2D eigenvalue weighted by molar-refractivity contribution is 0.102. The van der Waals surface area contributed by atoms with Crippen LogP contribution in [0.2, 0.25) is 0 Å². The highest BCUT2D eigenvalue weighted by Gasteiger charge is 2.14. The van der Waals surface area contributed by atoms with E-state index in [-0.39, 0.29) is 5.91 Å². The summed E-state index contributed by atoms with van der Waals surface area (Å²) >= 11 is 1.08. The third-order valence-corrected chi connectivity index (χ3v) is 3.31. The maximum absolute atomic E-state index is 11.9. The zero-order valence-corrected chi connectivity index (χ0v) is 10.3. The minimum Gasteiger partial charge on any atom is -0.398 e. The predicted octanol–water partition coefficient (Wildman–Crippen LogP) is 1.99. The summed E-state index contributed by atoms with van der Waals surface area (Å²) in [5.74, 6) is -0.203. The second kappa shape index (κ2) is 4.50. The van der Waals surface area contributed by atoms with Gasteiger partial charge in [-0.1, -0.05) is 10.6 Å². The van der Waals surface area contributed by atoms with E-state index in [1.54, 1.807) is 19.1 Å². The molecule has 0 spiro atoms. The lowest BCUT2D eigenvalue weighted by atomic mass is 10.1. The standard InChI is InChI=1S/C11H12N4OS/c1-6-8(12)4-3-5-9(6)13-11(16)10-7(2)14-15-17-10/h3-5H,12H2,1-2H3,(H,13,16). The number of nitrogen functional groups attached to an aromatic ring is 1. The summed E-state index contributed by atoms with van der Waals surface area (Å²) in [6.07, 6.45) is 0. The number of nitrogens with zero attached hydrogens (tertiary/aromatic N) is 2. The van der Waals surface area contributed by atoms with Crippen LogP contribution >= 0.6 is 11.5 Å². The molecule has 1 aromatic carbocycles. The minimum absolute atomic E-state index is 0.203. The molecule has 0 bridgehead atoms. The Bertz CT molecular complexity index is 564. The molecule has 17 heavy (non-hydrogen) atoms. The first-order valence-corrected chi connectivity index (χ1v) is 5.82. The van der Waals surface area contributed by atoms with Crippen molar-refractivity contribution < 1.29 is 4.79 Å². The van der Waals surface area contributed by atoms with Gasteiger partial charge in [0.05, 0.1) is 5.69 Å². The molecule has 0 aliphatic heterocycles. The zero-order chi connectivity index (χ0) is 12.4. The number of rotatable bonds is 2. The molecule has 0 aliphatic rings. The van der Waals surface area contributed by atoms with Gasteiger partial charge in [0.2, 0.25) is 0 Å². The van der Waals surface area contributed by atoms with Crippen molar-refractivity contribution in [3.63, 3.8) is 0 Å². The monoisotopic (exact) mass is 248 g/mol. The van der Waals surface area contributed by atoms with Crippen molar-refractivity contribution in [1.82, 2.24) is 9.59 Å². The maximum Gasteiger partial charge on any atom is 0.269 e. The number of aromatic nitrogens is 2. The number of hydrogen-bond acceptors (Lipinski definition) is 5. The summed E-state index contributed by atoms with van der Waals surface area (Å²) in [5, 5.41) is 6.61. The Labute approximate surface area is 103 Å². The fourth-order valence-electron chi connectivity index (χ4n) is 1.41. The third kappa shape index (κ3) is 2.26. The average Bonchev–Trinajstić information content (AvgIpc) is 2.71. The van der Waals surface area contributed by atoms with Gasteiger partial charge in [0.25, 0.3) is 5.91 Å². The fraction of sp³-hybridized carbons (Fsp3) is 0.182. The van der Waals surface area contributed by atoms with Crippen LogP contribution in [-0.4, -0.2) is 15.5 Å². The molecule has 0 aliphatic carbocycles. The Morgan fingerprint density at radius 2 is 2.18 bits per heavy atom. The first-order valence-electron chi connectivity index (χ1n) is 5.05. The number of carbonyl (C=O) groups excluding carboxylic acids is 1. The molecule has 2 rings (SSSR count). The van der Waals surface area contributed by atoms with Gasteiger partial charge in [0.15, 0.2) is 0 Å². The van der Waals surface area contributed by atoms with Crippen LogP contribution in [0.25, 0.3) is 0 Å². The topological polar surface area (TPSA) is 80.9 Å². The van der Waals surface area contributed by atoms with E-state index in [0.717, 1.165) is 17.1 Å². The third-order valence-electron chi connectivity index (χ3n) is 2.48. The number of anilines is 2. The van der Waals surface area contributed by atoms with Crippen LogP contribution in [0, 0.1) is 13.8 Å². The quantitative estimate of drug-likeness (QED) is 0.796. The van der Waals surface area contributed by atoms with Crippen molar-refractivity contribution >= 4 is 28.8 Å². The second-order valence-corrected chi connectivity index (χ2v) is 4.42. The summed E-state index contributed by atoms with van der Waals surface area (Å²) in [5.41, 5.74) is 8.63. The molecule has 0 atom stereocenters. The van der Waals surface area contributed by atoms with Crippen LogP contribution in [0.3, 0.4) is 0 Å². The number of hydrogen-bond donors (Lipinski definition) is 2. The summed E-state index contributed by atoms with van der Waals surface area (Å²) < 4.78 is 3.73. The van der Waals surface area contributed by atoms with Gasteiger partial charge in [-0.05, 0) is 43.1 Å². The van der Waals surface area contributed by atoms with Gasteiger partial charge >= 0.3 is 0 Å². The van der Waals surface area contributed by atoms with Crippen molar-refractivity contribution in [3.8, 4) is 0 Å². The highest BCUT2D eigenvalue weighted by atomic mass is 32.1. The van der Waals surface area contributed by atoms with E-state index in [1.165, 1.54) is 0 Å². The minimum atomic E-state index is -0.203. The predicted molar refractivity (Wildman–Crippen MR) is 68.2 cm³/mol. The zero-order valence-electron chi connectivity index (χ0n) is 9.52. The second-order valence-electron chi connectivity index (χ2n) is 3.66. The van der Waals surface area contributed by atoms with Crippen LogP contribution in [0.1, 0.15) is 20.9 Å². The molecule has 0 saturated heterocycles. The van der Waals surface area contributed by atoms with E-state index in [0.29, 0.717) is 21.9 Å². The molecule has 0 fully saturated rings. The van der Waals surface area contributed by atoms with Crippen LogP contribution < -0.4 is 11.1 Å². The van der Waals surface area contributed by atoms with Crippen molar-refractivity contribution in [2.75, 3.05) is 11.1 Å². The Balaban J connectivity index is 2.25.